The van der Waals surface area contributed by atoms with Gasteiger partial charge in [0.1, 0.15) is 11.6 Å². The van der Waals surface area contributed by atoms with Gasteiger partial charge in [-0.2, -0.15) is 0 Å². The average molecular weight is 309 g/mol. The van der Waals surface area contributed by atoms with Crippen LogP contribution in [0, 0.1) is 0 Å². The van der Waals surface area contributed by atoms with Gasteiger partial charge < -0.3 is 0 Å². The minimum Gasteiger partial charge on any atom is -0.295 e. The van der Waals surface area contributed by atoms with Gasteiger partial charge in [-0.15, -0.1) is 5.10 Å². The van der Waals surface area contributed by atoms with Crippen LogP contribution in [0.4, 0.5) is 0 Å². The summed E-state index contributed by atoms with van der Waals surface area (Å²) in [6.07, 6.45) is 0.779. The maximum Gasteiger partial charge on any atom is 0.251 e. The highest BCUT2D eigenvalue weighted by atomic mass is 79.9. The maximum atomic E-state index is 11.8. The Morgan fingerprint density at radius 2 is 2.22 bits per heavy atom. The standard InChI is InChI=1S/C11H9BrN4O2/c12-6-1-2-7-9(5-6)16(15-14-7)8-3-4-10(17)13-11(8)18/h1-2,5,8H,3-4H2,(H,13,17,18). The van der Waals surface area contributed by atoms with Gasteiger partial charge in [0.2, 0.25) is 5.91 Å². The van der Waals surface area contributed by atoms with Crippen LogP contribution in [0.1, 0.15) is 18.9 Å². The second-order valence-electron chi connectivity index (χ2n) is 4.13. The van der Waals surface area contributed by atoms with Crippen LogP contribution in [0.2, 0.25) is 0 Å². The Balaban J connectivity index is 2.06. The topological polar surface area (TPSA) is 76.9 Å². The number of hydrogen-bond acceptors (Lipinski definition) is 4. The number of nitrogens with zero attached hydrogens (tertiary/aromatic N) is 3. The van der Waals surface area contributed by atoms with E-state index in [1.165, 1.54) is 0 Å². The molecule has 1 atom stereocenters. The van der Waals surface area contributed by atoms with Crippen LogP contribution in [0.25, 0.3) is 11.0 Å². The lowest BCUT2D eigenvalue weighted by Crippen LogP contribution is -2.42. The summed E-state index contributed by atoms with van der Waals surface area (Å²) in [5, 5.41) is 10.3. The molecule has 6 nitrogen and oxygen atoms in total. The first-order valence-electron chi connectivity index (χ1n) is 5.49. The number of fused-ring (bicyclic) bond motifs is 1. The molecule has 7 heteroatoms. The van der Waals surface area contributed by atoms with Crippen molar-refractivity contribution in [2.45, 2.75) is 18.9 Å². The minimum absolute atomic E-state index is 0.234. The predicted octanol–water partition coefficient (Wildman–Crippen LogP) is 1.17. The van der Waals surface area contributed by atoms with Crippen molar-refractivity contribution in [3.05, 3.63) is 22.7 Å². The number of piperidine rings is 1. The first-order chi connectivity index (χ1) is 8.65. The van der Waals surface area contributed by atoms with Gasteiger partial charge in [-0.05, 0) is 24.6 Å². The lowest BCUT2D eigenvalue weighted by Gasteiger charge is -2.20. The highest BCUT2D eigenvalue weighted by Crippen LogP contribution is 2.24. The van der Waals surface area contributed by atoms with Gasteiger partial charge >= 0.3 is 0 Å². The summed E-state index contributed by atoms with van der Waals surface area (Å²) < 4.78 is 2.47. The molecule has 0 bridgehead atoms. The van der Waals surface area contributed by atoms with Crippen molar-refractivity contribution in [3.8, 4) is 0 Å². The second-order valence-corrected chi connectivity index (χ2v) is 5.05. The predicted molar refractivity (Wildman–Crippen MR) is 66.6 cm³/mol. The molecule has 1 aliphatic rings. The summed E-state index contributed by atoms with van der Waals surface area (Å²) in [5.41, 5.74) is 1.50. The highest BCUT2D eigenvalue weighted by Gasteiger charge is 2.29. The SMILES string of the molecule is O=C1CCC(n2nnc3ccc(Br)cc32)C(=O)N1. The molecule has 2 amide bonds. The molecule has 0 spiro atoms. The first kappa shape index (κ1) is 11.3. The molecule has 0 aliphatic carbocycles. The van der Waals surface area contributed by atoms with E-state index in [1.54, 1.807) is 4.68 Å². The van der Waals surface area contributed by atoms with Gasteiger partial charge in [-0.25, -0.2) is 4.68 Å². The fourth-order valence-electron chi connectivity index (χ4n) is 2.05. The molecule has 1 aromatic heterocycles. The summed E-state index contributed by atoms with van der Waals surface area (Å²) >= 11 is 3.38. The van der Waals surface area contributed by atoms with Crippen molar-refractivity contribution in [1.29, 1.82) is 0 Å². The van der Waals surface area contributed by atoms with Crippen molar-refractivity contribution in [3.63, 3.8) is 0 Å². The summed E-state index contributed by atoms with van der Waals surface area (Å²) in [4.78, 5) is 22.9. The van der Waals surface area contributed by atoms with Gasteiger partial charge in [0.15, 0.2) is 0 Å². The van der Waals surface area contributed by atoms with Crippen LogP contribution in [-0.4, -0.2) is 26.8 Å². The fourth-order valence-corrected chi connectivity index (χ4v) is 2.40. The number of halogens is 1. The summed E-state index contributed by atoms with van der Waals surface area (Å²) in [6, 6.07) is 5.08. The monoisotopic (exact) mass is 308 g/mol. The molecule has 2 heterocycles. The van der Waals surface area contributed by atoms with Crippen LogP contribution in [0.3, 0.4) is 0 Å². The van der Waals surface area contributed by atoms with Gasteiger partial charge in [0, 0.05) is 10.9 Å². The number of amides is 2. The minimum atomic E-state index is -0.470. The quantitative estimate of drug-likeness (QED) is 0.802. The highest BCUT2D eigenvalue weighted by molar-refractivity contribution is 9.10. The van der Waals surface area contributed by atoms with Crippen LogP contribution in [-0.2, 0) is 9.59 Å². The average Bonchev–Trinajstić information content (AvgIpc) is 2.72. The molecule has 2 aromatic rings. The molecule has 0 saturated carbocycles. The number of aromatic nitrogens is 3. The zero-order valence-corrected chi connectivity index (χ0v) is 10.8. The van der Waals surface area contributed by atoms with Crippen LogP contribution < -0.4 is 5.32 Å². The Hall–Kier alpha value is -1.76. The third kappa shape index (κ3) is 1.80. The van der Waals surface area contributed by atoms with E-state index < -0.39 is 6.04 Å². The van der Waals surface area contributed by atoms with E-state index in [0.29, 0.717) is 12.8 Å². The molecule has 0 radical (unpaired) electrons. The molecule has 1 aromatic carbocycles. The van der Waals surface area contributed by atoms with Crippen molar-refractivity contribution in [2.75, 3.05) is 0 Å². The normalized spacial score (nSPS) is 20.2. The molecule has 92 valence electrons. The molecular weight excluding hydrogens is 300 g/mol. The number of imide groups is 1. The van der Waals surface area contributed by atoms with Gasteiger partial charge in [0.25, 0.3) is 5.91 Å². The lowest BCUT2D eigenvalue weighted by molar-refractivity contribution is -0.135. The van der Waals surface area contributed by atoms with Crippen LogP contribution >= 0.6 is 15.9 Å². The number of carbonyl (C=O) groups excluding carboxylic acids is 2. The van der Waals surface area contributed by atoms with Gasteiger partial charge in [-0.1, -0.05) is 21.1 Å². The van der Waals surface area contributed by atoms with Crippen molar-refractivity contribution in [1.82, 2.24) is 20.3 Å². The van der Waals surface area contributed by atoms with E-state index in [2.05, 4.69) is 31.6 Å². The number of hydrogen-bond donors (Lipinski definition) is 1. The van der Waals surface area contributed by atoms with E-state index >= 15 is 0 Å². The zero-order valence-electron chi connectivity index (χ0n) is 9.26. The first-order valence-corrected chi connectivity index (χ1v) is 6.28. The maximum absolute atomic E-state index is 11.8. The Kier molecular flexibility index (Phi) is 2.62. The molecular formula is C11H9BrN4O2. The number of nitrogens with one attached hydrogen (secondary N) is 1. The third-order valence-corrected chi connectivity index (χ3v) is 3.43. The lowest BCUT2D eigenvalue weighted by atomic mass is 10.1. The summed E-state index contributed by atoms with van der Waals surface area (Å²) in [7, 11) is 0. The van der Waals surface area contributed by atoms with E-state index in [4.69, 9.17) is 0 Å². The zero-order chi connectivity index (χ0) is 12.7. The van der Waals surface area contributed by atoms with Crippen LogP contribution in [0.15, 0.2) is 22.7 Å². The molecule has 1 saturated heterocycles. The second kappa shape index (κ2) is 4.16. The Morgan fingerprint density at radius 1 is 1.39 bits per heavy atom. The molecule has 1 fully saturated rings. The molecule has 3 rings (SSSR count). The van der Waals surface area contributed by atoms with Crippen molar-refractivity contribution >= 4 is 38.8 Å². The van der Waals surface area contributed by atoms with Crippen molar-refractivity contribution in [2.24, 2.45) is 0 Å². The van der Waals surface area contributed by atoms with Gasteiger partial charge in [-0.3, -0.25) is 14.9 Å². The number of benzene rings is 1. The smallest absolute Gasteiger partial charge is 0.251 e. The molecule has 1 N–H and O–H groups in total. The van der Waals surface area contributed by atoms with Crippen molar-refractivity contribution < 1.29 is 9.59 Å². The fraction of sp³-hybridized carbons (Fsp3) is 0.273. The summed E-state index contributed by atoms with van der Waals surface area (Å²) in [6.45, 7) is 0. The summed E-state index contributed by atoms with van der Waals surface area (Å²) in [5.74, 6) is -0.556. The van der Waals surface area contributed by atoms with Gasteiger partial charge in [0.05, 0.1) is 5.52 Å². The Morgan fingerprint density at radius 3 is 3.00 bits per heavy atom. The number of rotatable bonds is 1. The molecule has 1 unspecified atom stereocenters. The largest absolute Gasteiger partial charge is 0.295 e. The third-order valence-electron chi connectivity index (χ3n) is 2.94. The van der Waals surface area contributed by atoms with E-state index in [0.717, 1.165) is 15.5 Å². The number of carbonyl (C=O) groups is 2. The van der Waals surface area contributed by atoms with E-state index in [-0.39, 0.29) is 11.8 Å². The molecule has 1 aliphatic heterocycles. The van der Waals surface area contributed by atoms with E-state index in [9.17, 15) is 9.59 Å². The Labute approximate surface area is 110 Å². The van der Waals surface area contributed by atoms with E-state index in [1.807, 2.05) is 18.2 Å². The molecule has 18 heavy (non-hydrogen) atoms. The van der Waals surface area contributed by atoms with Crippen LogP contribution in [0.5, 0.6) is 0 Å². The Bertz CT molecular complexity index is 652.